The Morgan fingerprint density at radius 3 is 2.41 bits per heavy atom. The third-order valence-corrected chi connectivity index (χ3v) is 5.13. The Kier molecular flexibility index (Phi) is 5.18. The molecule has 29 heavy (non-hydrogen) atoms. The van der Waals surface area contributed by atoms with Crippen LogP contribution in [-0.2, 0) is 13.1 Å². The molecule has 2 aromatic carbocycles. The predicted octanol–water partition coefficient (Wildman–Crippen LogP) is 3.32. The molecule has 0 saturated heterocycles. The molecule has 4 rings (SSSR count). The molecule has 0 atom stereocenters. The van der Waals surface area contributed by atoms with Gasteiger partial charge in [-0.2, -0.15) is 0 Å². The van der Waals surface area contributed by atoms with Crippen LogP contribution >= 0.6 is 11.6 Å². The van der Waals surface area contributed by atoms with E-state index < -0.39 is 5.69 Å². The summed E-state index contributed by atoms with van der Waals surface area (Å²) in [7, 11) is 1.59. The molecule has 6 nitrogen and oxygen atoms in total. The molecule has 7 heteroatoms. The highest BCUT2D eigenvalue weighted by atomic mass is 35.5. The summed E-state index contributed by atoms with van der Waals surface area (Å²) in [4.78, 5) is 30.6. The molecule has 0 bridgehead atoms. The maximum atomic E-state index is 13.3. The Bertz CT molecular complexity index is 1290. The molecule has 0 radical (unpaired) electrons. The Hall–Kier alpha value is -3.38. The number of aromatic nitrogens is 3. The number of nitrogens with zero attached hydrogens (tertiary/aromatic N) is 3. The van der Waals surface area contributed by atoms with E-state index in [0.29, 0.717) is 21.8 Å². The number of pyridine rings is 1. The predicted molar refractivity (Wildman–Crippen MR) is 113 cm³/mol. The van der Waals surface area contributed by atoms with Crippen LogP contribution in [0.2, 0.25) is 5.02 Å². The van der Waals surface area contributed by atoms with E-state index in [0.717, 1.165) is 11.1 Å². The molecule has 4 aromatic rings. The monoisotopic (exact) mass is 407 g/mol. The van der Waals surface area contributed by atoms with Crippen molar-refractivity contribution in [3.05, 3.63) is 104 Å². The Morgan fingerprint density at radius 1 is 0.931 bits per heavy atom. The van der Waals surface area contributed by atoms with Gasteiger partial charge in [0.25, 0.3) is 5.56 Å². The molecule has 0 unspecified atom stereocenters. The molecule has 2 aromatic heterocycles. The van der Waals surface area contributed by atoms with E-state index in [1.54, 1.807) is 43.6 Å². The van der Waals surface area contributed by atoms with E-state index in [9.17, 15) is 9.59 Å². The largest absolute Gasteiger partial charge is 0.497 e. The molecule has 0 aliphatic heterocycles. The van der Waals surface area contributed by atoms with Crippen molar-refractivity contribution < 1.29 is 4.74 Å². The first-order chi connectivity index (χ1) is 14.1. The Morgan fingerprint density at radius 2 is 1.69 bits per heavy atom. The van der Waals surface area contributed by atoms with Crippen LogP contribution in [0.1, 0.15) is 11.1 Å². The lowest BCUT2D eigenvalue weighted by molar-refractivity contribution is 0.414. The van der Waals surface area contributed by atoms with Crippen molar-refractivity contribution in [2.75, 3.05) is 7.11 Å². The van der Waals surface area contributed by atoms with Gasteiger partial charge in [0.05, 0.1) is 25.6 Å². The summed E-state index contributed by atoms with van der Waals surface area (Å²) in [6.07, 6.45) is 1.57. The topological polar surface area (TPSA) is 66.1 Å². The molecule has 146 valence electrons. The maximum Gasteiger partial charge on any atom is 0.333 e. The lowest BCUT2D eigenvalue weighted by Crippen LogP contribution is -2.40. The summed E-state index contributed by atoms with van der Waals surface area (Å²) >= 11 is 6.29. The number of halogens is 1. The Labute approximate surface area is 171 Å². The van der Waals surface area contributed by atoms with Gasteiger partial charge in [0, 0.05) is 11.2 Å². The van der Waals surface area contributed by atoms with Crippen LogP contribution in [0.15, 0.2) is 76.4 Å². The molecule has 0 aliphatic carbocycles. The van der Waals surface area contributed by atoms with Crippen LogP contribution in [0.3, 0.4) is 0 Å². The number of rotatable bonds is 5. The summed E-state index contributed by atoms with van der Waals surface area (Å²) < 4.78 is 7.88. The highest BCUT2D eigenvalue weighted by Gasteiger charge is 2.15. The van der Waals surface area contributed by atoms with Crippen molar-refractivity contribution in [1.29, 1.82) is 0 Å². The van der Waals surface area contributed by atoms with Crippen molar-refractivity contribution in [3.63, 3.8) is 0 Å². The summed E-state index contributed by atoms with van der Waals surface area (Å²) in [6.45, 7) is 0.365. The fourth-order valence-electron chi connectivity index (χ4n) is 3.24. The van der Waals surface area contributed by atoms with Crippen molar-refractivity contribution >= 4 is 22.6 Å². The quantitative estimate of drug-likeness (QED) is 0.509. The normalized spacial score (nSPS) is 11.0. The molecule has 0 spiro atoms. The molecule has 0 fully saturated rings. The number of hydrogen-bond donors (Lipinski definition) is 0. The highest BCUT2D eigenvalue weighted by molar-refractivity contribution is 6.31. The SMILES string of the molecule is COc1ccc(Cn2c(=O)c3cccnc3n(Cc3ccccc3Cl)c2=O)cc1. The number of methoxy groups -OCH3 is 1. The zero-order valence-corrected chi connectivity index (χ0v) is 16.5. The van der Waals surface area contributed by atoms with Gasteiger partial charge in [-0.25, -0.2) is 9.78 Å². The van der Waals surface area contributed by atoms with E-state index in [1.807, 2.05) is 30.3 Å². The Balaban J connectivity index is 1.87. The van der Waals surface area contributed by atoms with Gasteiger partial charge >= 0.3 is 5.69 Å². The van der Waals surface area contributed by atoms with Crippen molar-refractivity contribution in [1.82, 2.24) is 14.1 Å². The van der Waals surface area contributed by atoms with Gasteiger partial charge in [-0.15, -0.1) is 0 Å². The minimum atomic E-state index is -0.433. The minimum Gasteiger partial charge on any atom is -0.497 e. The zero-order valence-electron chi connectivity index (χ0n) is 15.7. The van der Waals surface area contributed by atoms with Gasteiger partial charge in [-0.3, -0.25) is 13.9 Å². The lowest BCUT2D eigenvalue weighted by Gasteiger charge is -2.14. The van der Waals surface area contributed by atoms with Crippen LogP contribution in [-0.4, -0.2) is 21.2 Å². The van der Waals surface area contributed by atoms with Crippen LogP contribution in [0, 0.1) is 0 Å². The molecule has 0 saturated carbocycles. The van der Waals surface area contributed by atoms with Gasteiger partial charge in [0.1, 0.15) is 11.4 Å². The van der Waals surface area contributed by atoms with E-state index in [1.165, 1.54) is 9.13 Å². The van der Waals surface area contributed by atoms with Crippen molar-refractivity contribution in [2.24, 2.45) is 0 Å². The fraction of sp³-hybridized carbons (Fsp3) is 0.136. The first-order valence-corrected chi connectivity index (χ1v) is 9.41. The lowest BCUT2D eigenvalue weighted by atomic mass is 10.2. The van der Waals surface area contributed by atoms with Gasteiger partial charge in [-0.05, 0) is 41.5 Å². The fourth-order valence-corrected chi connectivity index (χ4v) is 3.44. The van der Waals surface area contributed by atoms with Crippen molar-refractivity contribution in [2.45, 2.75) is 13.1 Å². The molecule has 2 heterocycles. The van der Waals surface area contributed by atoms with Gasteiger partial charge < -0.3 is 4.74 Å². The van der Waals surface area contributed by atoms with Crippen LogP contribution < -0.4 is 16.0 Å². The van der Waals surface area contributed by atoms with Crippen LogP contribution in [0.4, 0.5) is 0 Å². The van der Waals surface area contributed by atoms with E-state index in [2.05, 4.69) is 4.98 Å². The number of fused-ring (bicyclic) bond motifs is 1. The zero-order chi connectivity index (χ0) is 20.4. The second kappa shape index (κ2) is 7.93. The second-order valence-electron chi connectivity index (χ2n) is 6.57. The average Bonchev–Trinajstić information content (AvgIpc) is 2.76. The smallest absolute Gasteiger partial charge is 0.333 e. The third-order valence-electron chi connectivity index (χ3n) is 4.77. The van der Waals surface area contributed by atoms with E-state index in [4.69, 9.17) is 16.3 Å². The van der Waals surface area contributed by atoms with Gasteiger partial charge in [0.2, 0.25) is 0 Å². The first kappa shape index (κ1) is 19.0. The summed E-state index contributed by atoms with van der Waals surface area (Å²) in [6, 6.07) is 17.9. The van der Waals surface area contributed by atoms with E-state index >= 15 is 0 Å². The number of hydrogen-bond acceptors (Lipinski definition) is 4. The van der Waals surface area contributed by atoms with Crippen LogP contribution in [0.5, 0.6) is 5.75 Å². The first-order valence-electron chi connectivity index (χ1n) is 9.03. The standard InChI is InChI=1S/C22H18ClN3O3/c1-29-17-10-8-15(9-11-17)13-26-21(27)18-6-4-12-24-20(18)25(22(26)28)14-16-5-2-3-7-19(16)23/h2-12H,13-14H2,1H3. The highest BCUT2D eigenvalue weighted by Crippen LogP contribution is 2.17. The van der Waals surface area contributed by atoms with Gasteiger partial charge in [0.15, 0.2) is 0 Å². The van der Waals surface area contributed by atoms with Crippen molar-refractivity contribution in [3.8, 4) is 5.75 Å². The molecular formula is C22H18ClN3O3. The molecule has 0 N–H and O–H groups in total. The second-order valence-corrected chi connectivity index (χ2v) is 6.98. The number of benzene rings is 2. The number of ether oxygens (including phenoxy) is 1. The minimum absolute atomic E-state index is 0.148. The maximum absolute atomic E-state index is 13.3. The van der Waals surface area contributed by atoms with Crippen LogP contribution in [0.25, 0.3) is 11.0 Å². The molecular weight excluding hydrogens is 390 g/mol. The molecule has 0 aliphatic rings. The average molecular weight is 408 g/mol. The third kappa shape index (κ3) is 3.67. The molecule has 0 amide bonds. The summed E-state index contributed by atoms with van der Waals surface area (Å²) in [5, 5.41) is 0.934. The van der Waals surface area contributed by atoms with Gasteiger partial charge in [-0.1, -0.05) is 41.9 Å². The summed E-state index contributed by atoms with van der Waals surface area (Å²) in [5.74, 6) is 0.708. The summed E-state index contributed by atoms with van der Waals surface area (Å²) in [5.41, 5.74) is 1.13. The van der Waals surface area contributed by atoms with E-state index in [-0.39, 0.29) is 18.6 Å².